The quantitative estimate of drug-likeness (QED) is 0.822. The average Bonchev–Trinajstić information content (AvgIpc) is 2.26. The number of nitriles is 1. The fourth-order valence-corrected chi connectivity index (χ4v) is 2.39. The van der Waals surface area contributed by atoms with Crippen LogP contribution in [0, 0.1) is 22.6 Å². The van der Waals surface area contributed by atoms with E-state index in [0.29, 0.717) is 17.3 Å². The maximum atomic E-state index is 13.6. The monoisotopic (exact) mass is 252 g/mol. The normalized spacial score (nSPS) is 17.1. The van der Waals surface area contributed by atoms with Crippen molar-refractivity contribution in [3.05, 3.63) is 29.0 Å². The summed E-state index contributed by atoms with van der Waals surface area (Å²) in [5.74, 6) is -0.302. The second-order valence-electron chi connectivity index (χ2n) is 4.70. The van der Waals surface area contributed by atoms with Gasteiger partial charge in [-0.2, -0.15) is 5.26 Å². The molecule has 2 rings (SSSR count). The summed E-state index contributed by atoms with van der Waals surface area (Å²) in [7, 11) is 1.80. The van der Waals surface area contributed by atoms with Gasteiger partial charge in [0.05, 0.1) is 17.2 Å². The minimum Gasteiger partial charge on any atom is -0.371 e. The van der Waals surface area contributed by atoms with Gasteiger partial charge < -0.3 is 4.90 Å². The van der Waals surface area contributed by atoms with Crippen molar-refractivity contribution >= 4 is 17.3 Å². The highest BCUT2D eigenvalue weighted by Crippen LogP contribution is 2.41. The predicted octanol–water partition coefficient (Wildman–Crippen LogP) is 3.61. The lowest BCUT2D eigenvalue weighted by Crippen LogP contribution is -2.40. The van der Waals surface area contributed by atoms with Crippen LogP contribution >= 0.6 is 11.6 Å². The van der Waals surface area contributed by atoms with E-state index >= 15 is 0 Å². The zero-order valence-corrected chi connectivity index (χ0v) is 10.5. The van der Waals surface area contributed by atoms with Crippen molar-refractivity contribution in [3.8, 4) is 6.07 Å². The third-order valence-electron chi connectivity index (χ3n) is 3.41. The molecule has 0 amide bonds. The van der Waals surface area contributed by atoms with Crippen LogP contribution in [0.2, 0.25) is 5.02 Å². The van der Waals surface area contributed by atoms with Crippen molar-refractivity contribution in [1.29, 1.82) is 5.26 Å². The fraction of sp³-hybridized carbons (Fsp3) is 0.462. The molecule has 1 aliphatic carbocycles. The number of benzene rings is 1. The van der Waals surface area contributed by atoms with E-state index in [2.05, 4.69) is 6.07 Å². The number of anilines is 1. The third kappa shape index (κ3) is 2.37. The molecule has 0 N–H and O–H groups in total. The largest absolute Gasteiger partial charge is 0.371 e. The zero-order valence-electron chi connectivity index (χ0n) is 9.71. The summed E-state index contributed by atoms with van der Waals surface area (Å²) in [6.07, 6.45) is 2.88. The summed E-state index contributed by atoms with van der Waals surface area (Å²) in [5.41, 5.74) is 0.155. The maximum Gasteiger partial charge on any atom is 0.146 e. The topological polar surface area (TPSA) is 27.0 Å². The van der Waals surface area contributed by atoms with Gasteiger partial charge in [-0.25, -0.2) is 4.39 Å². The standard InChI is InChI=1S/C13H14ClFN2/c1-17(9-13(8-16)5-2-6-13)12-7-10(14)3-4-11(12)15/h3-4,7H,2,5-6,9H2,1H3. The lowest BCUT2D eigenvalue weighted by molar-refractivity contribution is 0.222. The molecule has 90 valence electrons. The number of rotatable bonds is 3. The minimum atomic E-state index is -0.302. The molecule has 0 radical (unpaired) electrons. The number of hydrogen-bond acceptors (Lipinski definition) is 2. The van der Waals surface area contributed by atoms with E-state index < -0.39 is 0 Å². The summed E-state index contributed by atoms with van der Waals surface area (Å²) in [4.78, 5) is 1.78. The molecular weight excluding hydrogens is 239 g/mol. The molecule has 1 saturated carbocycles. The zero-order chi connectivity index (χ0) is 12.5. The molecule has 0 aliphatic heterocycles. The first-order valence-corrected chi connectivity index (χ1v) is 6.02. The summed E-state index contributed by atoms with van der Waals surface area (Å²) in [6, 6.07) is 6.83. The number of halogens is 2. The molecule has 1 aromatic carbocycles. The van der Waals surface area contributed by atoms with Gasteiger partial charge in [-0.3, -0.25) is 0 Å². The fourth-order valence-electron chi connectivity index (χ4n) is 2.23. The van der Waals surface area contributed by atoms with Crippen molar-refractivity contribution in [1.82, 2.24) is 0 Å². The van der Waals surface area contributed by atoms with Gasteiger partial charge in [0.2, 0.25) is 0 Å². The Bertz CT molecular complexity index is 463. The van der Waals surface area contributed by atoms with Gasteiger partial charge in [0.25, 0.3) is 0 Å². The van der Waals surface area contributed by atoms with Gasteiger partial charge in [0.15, 0.2) is 0 Å². The first kappa shape index (κ1) is 12.2. The lowest BCUT2D eigenvalue weighted by Gasteiger charge is -2.39. The Morgan fingerprint density at radius 1 is 1.53 bits per heavy atom. The summed E-state index contributed by atoms with van der Waals surface area (Å²) in [6.45, 7) is 0.556. The molecule has 0 bridgehead atoms. The smallest absolute Gasteiger partial charge is 0.146 e. The van der Waals surface area contributed by atoms with Crippen LogP contribution in [0.3, 0.4) is 0 Å². The first-order valence-electron chi connectivity index (χ1n) is 5.64. The van der Waals surface area contributed by atoms with Crippen LogP contribution in [0.15, 0.2) is 18.2 Å². The van der Waals surface area contributed by atoms with Crippen LogP contribution in [-0.2, 0) is 0 Å². The van der Waals surface area contributed by atoms with Crippen molar-refractivity contribution in [2.24, 2.45) is 5.41 Å². The first-order chi connectivity index (χ1) is 8.06. The second-order valence-corrected chi connectivity index (χ2v) is 5.13. The molecule has 1 aliphatic rings. The molecule has 17 heavy (non-hydrogen) atoms. The molecule has 0 unspecified atom stereocenters. The molecule has 4 heteroatoms. The Morgan fingerprint density at radius 2 is 2.24 bits per heavy atom. The lowest BCUT2D eigenvalue weighted by atomic mass is 9.69. The maximum absolute atomic E-state index is 13.6. The molecule has 0 aromatic heterocycles. The highest BCUT2D eigenvalue weighted by Gasteiger charge is 2.38. The predicted molar refractivity (Wildman–Crippen MR) is 66.6 cm³/mol. The van der Waals surface area contributed by atoms with Gasteiger partial charge in [-0.1, -0.05) is 18.0 Å². The second kappa shape index (κ2) is 4.54. The van der Waals surface area contributed by atoms with Crippen molar-refractivity contribution < 1.29 is 4.39 Å². The van der Waals surface area contributed by atoms with Crippen LogP contribution in [0.25, 0.3) is 0 Å². The Hall–Kier alpha value is -1.27. The molecule has 1 fully saturated rings. The summed E-state index contributed by atoms with van der Waals surface area (Å²) >= 11 is 5.86. The average molecular weight is 253 g/mol. The molecule has 0 heterocycles. The molecule has 0 atom stereocenters. The van der Waals surface area contributed by atoms with Crippen LogP contribution in [-0.4, -0.2) is 13.6 Å². The Labute approximate surface area is 106 Å². The molecule has 0 spiro atoms. The molecular formula is C13H14ClFN2. The summed E-state index contributed by atoms with van der Waals surface area (Å²) < 4.78 is 13.6. The SMILES string of the molecule is CN(CC1(C#N)CCC1)c1cc(Cl)ccc1F. The van der Waals surface area contributed by atoms with E-state index in [-0.39, 0.29) is 11.2 Å². The van der Waals surface area contributed by atoms with Gasteiger partial charge in [-0.15, -0.1) is 0 Å². The Kier molecular flexibility index (Phi) is 3.26. The van der Waals surface area contributed by atoms with Gasteiger partial charge in [0.1, 0.15) is 5.82 Å². The summed E-state index contributed by atoms with van der Waals surface area (Å²) in [5, 5.41) is 9.67. The molecule has 2 nitrogen and oxygen atoms in total. The van der Waals surface area contributed by atoms with Crippen molar-refractivity contribution in [3.63, 3.8) is 0 Å². The molecule has 1 aromatic rings. The van der Waals surface area contributed by atoms with E-state index in [0.717, 1.165) is 19.3 Å². The van der Waals surface area contributed by atoms with E-state index in [1.165, 1.54) is 12.1 Å². The van der Waals surface area contributed by atoms with Crippen LogP contribution in [0.5, 0.6) is 0 Å². The minimum absolute atomic E-state index is 0.302. The van der Waals surface area contributed by atoms with Gasteiger partial charge >= 0.3 is 0 Å². The van der Waals surface area contributed by atoms with Crippen LogP contribution in [0.4, 0.5) is 10.1 Å². The van der Waals surface area contributed by atoms with Gasteiger partial charge in [0, 0.05) is 18.6 Å². The number of nitrogens with zero attached hydrogens (tertiary/aromatic N) is 2. The Morgan fingerprint density at radius 3 is 2.76 bits per heavy atom. The Balaban J connectivity index is 2.17. The van der Waals surface area contributed by atoms with E-state index in [4.69, 9.17) is 16.9 Å². The highest BCUT2D eigenvalue weighted by atomic mass is 35.5. The van der Waals surface area contributed by atoms with E-state index in [1.54, 1.807) is 18.0 Å². The van der Waals surface area contributed by atoms with Crippen LogP contribution in [0.1, 0.15) is 19.3 Å². The van der Waals surface area contributed by atoms with Gasteiger partial charge in [-0.05, 0) is 31.0 Å². The van der Waals surface area contributed by atoms with Crippen molar-refractivity contribution in [2.75, 3.05) is 18.5 Å². The van der Waals surface area contributed by atoms with Crippen LogP contribution < -0.4 is 4.90 Å². The van der Waals surface area contributed by atoms with E-state index in [1.807, 2.05) is 0 Å². The number of hydrogen-bond donors (Lipinski definition) is 0. The van der Waals surface area contributed by atoms with E-state index in [9.17, 15) is 4.39 Å². The molecule has 0 saturated heterocycles. The van der Waals surface area contributed by atoms with Crippen molar-refractivity contribution in [2.45, 2.75) is 19.3 Å². The third-order valence-corrected chi connectivity index (χ3v) is 3.64. The highest BCUT2D eigenvalue weighted by molar-refractivity contribution is 6.30.